The lowest BCUT2D eigenvalue weighted by Gasteiger charge is -2.28. The van der Waals surface area contributed by atoms with Crippen LogP contribution in [-0.4, -0.2) is 34.4 Å². The molecule has 22 heavy (non-hydrogen) atoms. The Bertz CT molecular complexity index is 706. The molecule has 1 aromatic heterocycles. The van der Waals surface area contributed by atoms with E-state index in [1.807, 2.05) is 18.2 Å². The summed E-state index contributed by atoms with van der Waals surface area (Å²) in [6.07, 6.45) is 2.39. The molecule has 0 spiro atoms. The summed E-state index contributed by atoms with van der Waals surface area (Å²) in [5.41, 5.74) is 2.74. The minimum atomic E-state index is -0.0830. The highest BCUT2D eigenvalue weighted by atomic mass is 35.5. The first kappa shape index (κ1) is 14.9. The zero-order chi connectivity index (χ0) is 15.5. The summed E-state index contributed by atoms with van der Waals surface area (Å²) >= 11 is 6.01. The summed E-state index contributed by atoms with van der Waals surface area (Å²) in [4.78, 5) is 22.7. The Labute approximate surface area is 133 Å². The first-order valence-corrected chi connectivity index (χ1v) is 7.42. The molecule has 5 nitrogen and oxygen atoms in total. The predicted octanol–water partition coefficient (Wildman–Crippen LogP) is 2.47. The van der Waals surface area contributed by atoms with Gasteiger partial charge in [-0.05, 0) is 35.7 Å². The Morgan fingerprint density at radius 1 is 1.36 bits per heavy atom. The highest BCUT2D eigenvalue weighted by molar-refractivity contribution is 6.30. The maximum atomic E-state index is 12.6. The second-order valence-electron chi connectivity index (χ2n) is 5.18. The predicted molar refractivity (Wildman–Crippen MR) is 82.6 cm³/mol. The van der Waals surface area contributed by atoms with Crippen molar-refractivity contribution >= 4 is 17.5 Å². The number of hydrogen-bond donors (Lipinski definition) is 0. The van der Waals surface area contributed by atoms with Crippen molar-refractivity contribution in [2.45, 2.75) is 19.6 Å². The van der Waals surface area contributed by atoms with Crippen LogP contribution < -0.4 is 0 Å². The molecule has 0 unspecified atom stereocenters. The first-order chi connectivity index (χ1) is 10.7. The van der Waals surface area contributed by atoms with E-state index in [1.54, 1.807) is 24.3 Å². The van der Waals surface area contributed by atoms with Gasteiger partial charge in [0.15, 0.2) is 5.82 Å². The second-order valence-corrected chi connectivity index (χ2v) is 5.62. The van der Waals surface area contributed by atoms with Gasteiger partial charge in [0.2, 0.25) is 0 Å². The molecule has 2 heterocycles. The molecule has 3 rings (SSSR count). The molecule has 1 aliphatic heterocycles. The maximum Gasteiger partial charge on any atom is 0.272 e. The van der Waals surface area contributed by atoms with E-state index in [0.717, 1.165) is 17.0 Å². The van der Waals surface area contributed by atoms with Crippen molar-refractivity contribution in [2.24, 2.45) is 0 Å². The molecular formula is C16H16ClN3O2. The van der Waals surface area contributed by atoms with E-state index < -0.39 is 0 Å². The molecule has 6 heteroatoms. The van der Waals surface area contributed by atoms with Gasteiger partial charge in [-0.15, -0.1) is 0 Å². The lowest BCUT2D eigenvalue weighted by atomic mass is 9.99. The lowest BCUT2D eigenvalue weighted by Crippen LogP contribution is -2.36. The highest BCUT2D eigenvalue weighted by Gasteiger charge is 2.23. The van der Waals surface area contributed by atoms with Gasteiger partial charge in [-0.25, -0.2) is 9.97 Å². The third kappa shape index (κ3) is 3.10. The number of nitrogens with zero attached hydrogens (tertiary/aromatic N) is 3. The summed E-state index contributed by atoms with van der Waals surface area (Å²) in [5.74, 6) is 0.429. The van der Waals surface area contributed by atoms with Gasteiger partial charge in [0, 0.05) is 31.4 Å². The average molecular weight is 318 g/mol. The van der Waals surface area contributed by atoms with Crippen LogP contribution >= 0.6 is 11.6 Å². The Balaban J connectivity index is 1.79. The second kappa shape index (κ2) is 6.42. The largest absolute Gasteiger partial charge is 0.377 e. The first-order valence-electron chi connectivity index (χ1n) is 7.05. The van der Waals surface area contributed by atoms with Crippen LogP contribution in [0.5, 0.6) is 0 Å². The Morgan fingerprint density at radius 2 is 2.23 bits per heavy atom. The molecule has 114 valence electrons. The molecule has 1 amide bonds. The highest BCUT2D eigenvalue weighted by Crippen LogP contribution is 2.23. The molecule has 0 aliphatic carbocycles. The zero-order valence-corrected chi connectivity index (χ0v) is 13.0. The van der Waals surface area contributed by atoms with Gasteiger partial charge >= 0.3 is 0 Å². The lowest BCUT2D eigenvalue weighted by molar-refractivity contribution is 0.0727. The van der Waals surface area contributed by atoms with Crippen LogP contribution in [0, 0.1) is 0 Å². The van der Waals surface area contributed by atoms with Crippen molar-refractivity contribution in [3.8, 4) is 0 Å². The van der Waals surface area contributed by atoms with Gasteiger partial charge in [-0.3, -0.25) is 4.79 Å². The Morgan fingerprint density at radius 3 is 3.05 bits per heavy atom. The normalized spacial score (nSPS) is 13.8. The van der Waals surface area contributed by atoms with Crippen LogP contribution in [0.15, 0.2) is 30.5 Å². The molecule has 0 saturated carbocycles. The van der Waals surface area contributed by atoms with Crippen LogP contribution in [0.3, 0.4) is 0 Å². The molecule has 0 radical (unpaired) electrons. The van der Waals surface area contributed by atoms with Crippen molar-refractivity contribution in [3.63, 3.8) is 0 Å². The van der Waals surface area contributed by atoms with E-state index in [4.69, 9.17) is 16.3 Å². The summed E-state index contributed by atoms with van der Waals surface area (Å²) in [7, 11) is 1.57. The Hall–Kier alpha value is -1.98. The van der Waals surface area contributed by atoms with E-state index in [-0.39, 0.29) is 5.91 Å². The van der Waals surface area contributed by atoms with Crippen LogP contribution in [0.4, 0.5) is 0 Å². The molecular weight excluding hydrogens is 302 g/mol. The van der Waals surface area contributed by atoms with Crippen molar-refractivity contribution in [1.82, 2.24) is 14.9 Å². The number of methoxy groups -OCH3 is 1. The number of halogens is 1. The number of ether oxygens (including phenoxy) is 1. The van der Waals surface area contributed by atoms with Gasteiger partial charge < -0.3 is 9.64 Å². The van der Waals surface area contributed by atoms with Gasteiger partial charge in [0.1, 0.15) is 12.3 Å². The SMILES string of the molecule is COCc1nccc(C(=O)N2CCc3cc(Cl)ccc3C2)n1. The summed E-state index contributed by atoms with van der Waals surface area (Å²) in [5, 5.41) is 0.735. The van der Waals surface area contributed by atoms with Crippen molar-refractivity contribution in [3.05, 3.63) is 58.1 Å². The Kier molecular flexibility index (Phi) is 4.36. The number of rotatable bonds is 3. The van der Waals surface area contributed by atoms with Crippen LogP contribution in [-0.2, 0) is 24.3 Å². The van der Waals surface area contributed by atoms with E-state index in [0.29, 0.717) is 31.2 Å². The molecule has 0 saturated heterocycles. The third-order valence-electron chi connectivity index (χ3n) is 3.67. The standard InChI is InChI=1S/C16H16ClN3O2/c1-22-10-15-18-6-4-14(19-15)16(21)20-7-5-11-8-13(17)3-2-12(11)9-20/h2-4,6,8H,5,7,9-10H2,1H3. The number of amides is 1. The quantitative estimate of drug-likeness (QED) is 0.872. The molecule has 0 N–H and O–H groups in total. The van der Waals surface area contributed by atoms with Crippen LogP contribution in [0.2, 0.25) is 5.02 Å². The molecule has 0 fully saturated rings. The molecule has 0 atom stereocenters. The average Bonchev–Trinajstić information content (AvgIpc) is 2.54. The zero-order valence-electron chi connectivity index (χ0n) is 12.3. The summed E-state index contributed by atoms with van der Waals surface area (Å²) in [6.45, 7) is 1.53. The third-order valence-corrected chi connectivity index (χ3v) is 3.90. The van der Waals surface area contributed by atoms with Crippen LogP contribution in [0.25, 0.3) is 0 Å². The van der Waals surface area contributed by atoms with Gasteiger partial charge in [0.25, 0.3) is 5.91 Å². The van der Waals surface area contributed by atoms with E-state index in [1.165, 1.54) is 5.56 Å². The van der Waals surface area contributed by atoms with E-state index in [9.17, 15) is 4.79 Å². The van der Waals surface area contributed by atoms with Gasteiger partial charge in [0.05, 0.1) is 0 Å². The molecule has 2 aromatic rings. The monoisotopic (exact) mass is 317 g/mol. The molecule has 1 aromatic carbocycles. The fourth-order valence-corrected chi connectivity index (χ4v) is 2.77. The van der Waals surface area contributed by atoms with Crippen molar-refractivity contribution in [2.75, 3.05) is 13.7 Å². The molecule has 0 bridgehead atoms. The number of hydrogen-bond acceptors (Lipinski definition) is 4. The minimum Gasteiger partial charge on any atom is -0.377 e. The number of carbonyl (C=O) groups excluding carboxylic acids is 1. The maximum absolute atomic E-state index is 12.6. The number of carbonyl (C=O) groups is 1. The fourth-order valence-electron chi connectivity index (χ4n) is 2.57. The summed E-state index contributed by atoms with van der Waals surface area (Å²) < 4.78 is 5.00. The van der Waals surface area contributed by atoms with E-state index >= 15 is 0 Å². The summed E-state index contributed by atoms with van der Waals surface area (Å²) in [6, 6.07) is 7.45. The van der Waals surface area contributed by atoms with Gasteiger partial charge in [-0.1, -0.05) is 17.7 Å². The van der Waals surface area contributed by atoms with Crippen LogP contribution in [0.1, 0.15) is 27.4 Å². The number of benzene rings is 1. The molecule has 1 aliphatic rings. The fraction of sp³-hybridized carbons (Fsp3) is 0.312. The number of aromatic nitrogens is 2. The van der Waals surface area contributed by atoms with Crippen molar-refractivity contribution < 1.29 is 9.53 Å². The van der Waals surface area contributed by atoms with Gasteiger partial charge in [-0.2, -0.15) is 0 Å². The van der Waals surface area contributed by atoms with Crippen molar-refractivity contribution in [1.29, 1.82) is 0 Å². The smallest absolute Gasteiger partial charge is 0.272 e. The number of fused-ring (bicyclic) bond motifs is 1. The topological polar surface area (TPSA) is 55.3 Å². The minimum absolute atomic E-state index is 0.0830. The van der Waals surface area contributed by atoms with E-state index in [2.05, 4.69) is 9.97 Å².